The molecule has 0 aliphatic rings. The van der Waals surface area contributed by atoms with Crippen LogP contribution in [0.4, 0.5) is 0 Å². The number of hydrogen-bond acceptors (Lipinski definition) is 5. The zero-order valence-electron chi connectivity index (χ0n) is 9.05. The van der Waals surface area contributed by atoms with E-state index in [1.165, 1.54) is 0 Å². The van der Waals surface area contributed by atoms with Gasteiger partial charge in [0.05, 0.1) is 18.6 Å². The molecule has 6 heteroatoms. The number of aliphatic hydroxyl groups is 2. The zero-order valence-corrected chi connectivity index (χ0v) is 9.05. The first-order valence-electron chi connectivity index (χ1n) is 4.79. The van der Waals surface area contributed by atoms with Crippen molar-refractivity contribution in [3.8, 4) is 0 Å². The summed E-state index contributed by atoms with van der Waals surface area (Å²) in [6, 6.07) is 0. The third-order valence-corrected chi connectivity index (χ3v) is 2.30. The van der Waals surface area contributed by atoms with Crippen molar-refractivity contribution in [1.29, 1.82) is 0 Å². The first-order chi connectivity index (χ1) is 7.49. The van der Waals surface area contributed by atoms with Crippen molar-refractivity contribution >= 4 is 11.9 Å². The van der Waals surface area contributed by atoms with Crippen LogP contribution in [0, 0.1) is 5.41 Å². The van der Waals surface area contributed by atoms with Crippen LogP contribution in [-0.4, -0.2) is 47.1 Å². The van der Waals surface area contributed by atoms with E-state index in [1.54, 1.807) is 6.92 Å². The predicted molar refractivity (Wildman–Crippen MR) is 54.6 cm³/mol. The monoisotopic (exact) mass is 232 g/mol. The van der Waals surface area contributed by atoms with E-state index < -0.39 is 17.4 Å². The number of carbonyl (C=O) groups excluding carboxylic acids is 1. The van der Waals surface area contributed by atoms with E-state index in [0.717, 1.165) is 6.08 Å². The van der Waals surface area contributed by atoms with E-state index in [1.807, 2.05) is 0 Å². The number of ether oxygens (including phenoxy) is 1. The molecule has 0 atom stereocenters. The summed E-state index contributed by atoms with van der Waals surface area (Å²) in [5.41, 5.74) is -0.868. The molecule has 0 bridgehead atoms. The molecule has 0 aromatic rings. The van der Waals surface area contributed by atoms with Gasteiger partial charge in [0.1, 0.15) is 6.61 Å². The van der Waals surface area contributed by atoms with Crippen molar-refractivity contribution in [3.05, 3.63) is 12.2 Å². The molecule has 0 aromatic carbocycles. The fourth-order valence-electron chi connectivity index (χ4n) is 0.879. The van der Waals surface area contributed by atoms with Gasteiger partial charge in [0.15, 0.2) is 0 Å². The van der Waals surface area contributed by atoms with Crippen molar-refractivity contribution in [3.63, 3.8) is 0 Å². The molecule has 16 heavy (non-hydrogen) atoms. The highest BCUT2D eigenvalue weighted by molar-refractivity contribution is 5.90. The molecular formula is C10H16O6. The van der Waals surface area contributed by atoms with Crippen molar-refractivity contribution in [2.45, 2.75) is 13.3 Å². The minimum atomic E-state index is -1.25. The number of aliphatic hydroxyl groups excluding tert-OH is 2. The fourth-order valence-corrected chi connectivity index (χ4v) is 0.879. The van der Waals surface area contributed by atoms with Crippen LogP contribution in [0.25, 0.3) is 0 Å². The highest BCUT2D eigenvalue weighted by Gasteiger charge is 2.28. The number of rotatable bonds is 7. The van der Waals surface area contributed by atoms with Crippen LogP contribution < -0.4 is 0 Å². The van der Waals surface area contributed by atoms with Gasteiger partial charge in [-0.25, -0.2) is 9.59 Å². The van der Waals surface area contributed by atoms with Gasteiger partial charge in [-0.15, -0.1) is 0 Å². The summed E-state index contributed by atoms with van der Waals surface area (Å²) in [7, 11) is 0. The topological polar surface area (TPSA) is 104 Å². The second-order valence-corrected chi connectivity index (χ2v) is 3.45. The van der Waals surface area contributed by atoms with Gasteiger partial charge in [0.2, 0.25) is 0 Å². The normalized spacial score (nSPS) is 11.7. The summed E-state index contributed by atoms with van der Waals surface area (Å²) >= 11 is 0. The van der Waals surface area contributed by atoms with Crippen LogP contribution in [0.5, 0.6) is 0 Å². The lowest BCUT2D eigenvalue weighted by atomic mass is 9.88. The maximum atomic E-state index is 11.0. The summed E-state index contributed by atoms with van der Waals surface area (Å²) in [5.74, 6) is -2.06. The average molecular weight is 232 g/mol. The SMILES string of the molecule is CCC(CO)(CO)COC(=O)/C=C\C(=O)O. The number of carboxylic acid groups (broad SMARTS) is 1. The van der Waals surface area contributed by atoms with Crippen molar-refractivity contribution in [1.82, 2.24) is 0 Å². The Balaban J connectivity index is 4.21. The Kier molecular flexibility index (Phi) is 6.36. The molecule has 0 radical (unpaired) electrons. The molecule has 0 saturated heterocycles. The minimum absolute atomic E-state index is 0.153. The molecule has 0 unspecified atom stereocenters. The van der Waals surface area contributed by atoms with Crippen LogP contribution in [0.15, 0.2) is 12.2 Å². The van der Waals surface area contributed by atoms with E-state index in [0.29, 0.717) is 12.5 Å². The lowest BCUT2D eigenvalue weighted by Crippen LogP contribution is -2.35. The molecule has 0 rings (SSSR count). The van der Waals surface area contributed by atoms with E-state index in [4.69, 9.17) is 20.1 Å². The quantitative estimate of drug-likeness (QED) is 0.406. The van der Waals surface area contributed by atoms with Crippen LogP contribution in [0.3, 0.4) is 0 Å². The maximum Gasteiger partial charge on any atom is 0.331 e. The molecule has 0 aromatic heterocycles. The van der Waals surface area contributed by atoms with Gasteiger partial charge < -0.3 is 20.1 Å². The first-order valence-corrected chi connectivity index (χ1v) is 4.79. The molecule has 0 aliphatic heterocycles. The first kappa shape index (κ1) is 14.6. The molecule has 0 aliphatic carbocycles. The maximum absolute atomic E-state index is 11.0. The van der Waals surface area contributed by atoms with Crippen molar-refractivity contribution in [2.75, 3.05) is 19.8 Å². The fraction of sp³-hybridized carbons (Fsp3) is 0.600. The molecule has 3 N–H and O–H groups in total. The van der Waals surface area contributed by atoms with Gasteiger partial charge in [-0.05, 0) is 6.42 Å². The summed E-state index contributed by atoms with van der Waals surface area (Å²) in [6.45, 7) is 0.971. The van der Waals surface area contributed by atoms with Gasteiger partial charge in [-0.2, -0.15) is 0 Å². The molecule has 0 spiro atoms. The highest BCUT2D eigenvalue weighted by Crippen LogP contribution is 2.20. The van der Waals surface area contributed by atoms with Gasteiger partial charge >= 0.3 is 11.9 Å². The van der Waals surface area contributed by atoms with Gasteiger partial charge in [0.25, 0.3) is 0 Å². The van der Waals surface area contributed by atoms with Crippen molar-refractivity contribution in [2.24, 2.45) is 5.41 Å². The summed E-state index contributed by atoms with van der Waals surface area (Å²) < 4.78 is 4.72. The Morgan fingerprint density at radius 1 is 1.25 bits per heavy atom. The van der Waals surface area contributed by atoms with E-state index in [9.17, 15) is 9.59 Å². The lowest BCUT2D eigenvalue weighted by Gasteiger charge is -2.27. The largest absolute Gasteiger partial charge is 0.478 e. The third kappa shape index (κ3) is 4.90. The second kappa shape index (κ2) is 6.97. The zero-order chi connectivity index (χ0) is 12.6. The predicted octanol–water partition coefficient (Wildman–Crippen LogP) is -0.449. The van der Waals surface area contributed by atoms with Gasteiger partial charge in [-0.1, -0.05) is 6.92 Å². The molecule has 92 valence electrons. The summed E-state index contributed by atoms with van der Waals surface area (Å²) in [5, 5.41) is 26.3. The highest BCUT2D eigenvalue weighted by atomic mass is 16.5. The number of carboxylic acids is 1. The molecule has 0 saturated carbocycles. The average Bonchev–Trinajstić information content (AvgIpc) is 2.29. The summed E-state index contributed by atoms with van der Waals surface area (Å²) in [4.78, 5) is 21.1. The molecular weight excluding hydrogens is 216 g/mol. The molecule has 6 nitrogen and oxygen atoms in total. The van der Waals surface area contributed by atoms with Gasteiger partial charge in [0, 0.05) is 12.2 Å². The smallest absolute Gasteiger partial charge is 0.331 e. The number of esters is 1. The standard InChI is InChI=1S/C10H16O6/c1-2-10(5-11,6-12)7-16-9(15)4-3-8(13)14/h3-4,11-12H,2,5-7H2,1H3,(H,13,14)/b4-3-. The van der Waals surface area contributed by atoms with E-state index in [-0.39, 0.29) is 19.8 Å². The molecule has 0 fully saturated rings. The van der Waals surface area contributed by atoms with Crippen LogP contribution >= 0.6 is 0 Å². The van der Waals surface area contributed by atoms with Crippen LogP contribution in [-0.2, 0) is 14.3 Å². The second-order valence-electron chi connectivity index (χ2n) is 3.45. The Labute approximate surface area is 93.2 Å². The van der Waals surface area contributed by atoms with Crippen LogP contribution in [0.2, 0.25) is 0 Å². The number of hydrogen-bond donors (Lipinski definition) is 3. The minimum Gasteiger partial charge on any atom is -0.478 e. The Morgan fingerprint density at radius 2 is 1.81 bits per heavy atom. The number of aliphatic carboxylic acids is 1. The summed E-state index contributed by atoms with van der Waals surface area (Å²) in [6.07, 6.45) is 1.88. The van der Waals surface area contributed by atoms with Crippen molar-refractivity contribution < 1.29 is 29.6 Å². The lowest BCUT2D eigenvalue weighted by molar-refractivity contribution is -0.144. The van der Waals surface area contributed by atoms with E-state index in [2.05, 4.69) is 0 Å². The van der Waals surface area contributed by atoms with E-state index >= 15 is 0 Å². The Bertz CT molecular complexity index is 258. The van der Waals surface area contributed by atoms with Crippen LogP contribution in [0.1, 0.15) is 13.3 Å². The molecule has 0 amide bonds. The molecule has 0 heterocycles. The Morgan fingerprint density at radius 3 is 2.19 bits per heavy atom. The van der Waals surface area contributed by atoms with Gasteiger partial charge in [-0.3, -0.25) is 0 Å². The number of carbonyl (C=O) groups is 2. The third-order valence-electron chi connectivity index (χ3n) is 2.30. The Hall–Kier alpha value is -1.40.